The minimum absolute atomic E-state index is 0.0954. The highest BCUT2D eigenvalue weighted by molar-refractivity contribution is 5.82. The van der Waals surface area contributed by atoms with Gasteiger partial charge in [0.15, 0.2) is 0 Å². The quantitative estimate of drug-likeness (QED) is 0.879. The van der Waals surface area contributed by atoms with E-state index in [1.165, 1.54) is 0 Å². The lowest BCUT2D eigenvalue weighted by Gasteiger charge is -2.18. The minimum Gasteiger partial charge on any atom is -0.491 e. The van der Waals surface area contributed by atoms with Gasteiger partial charge in [-0.15, -0.1) is 0 Å². The molecule has 2 atom stereocenters. The van der Waals surface area contributed by atoms with Gasteiger partial charge in [-0.3, -0.25) is 10.1 Å². The summed E-state index contributed by atoms with van der Waals surface area (Å²) in [6.07, 6.45) is -0.356. The molecule has 0 aliphatic carbocycles. The lowest BCUT2D eigenvalue weighted by atomic mass is 10.1. The van der Waals surface area contributed by atoms with Crippen molar-refractivity contribution >= 4 is 5.91 Å². The Bertz CT molecular complexity index is 517. The maximum Gasteiger partial charge on any atom is 0.262 e. The Hall–Kier alpha value is -1.69. The van der Waals surface area contributed by atoms with Gasteiger partial charge in [0.05, 0.1) is 24.7 Å². The van der Waals surface area contributed by atoms with Gasteiger partial charge in [-0.2, -0.15) is 0 Å². The lowest BCUT2D eigenvalue weighted by molar-refractivity contribution is -0.124. The van der Waals surface area contributed by atoms with Gasteiger partial charge in [-0.05, 0) is 38.5 Å². The lowest BCUT2D eigenvalue weighted by Crippen LogP contribution is -2.41. The summed E-state index contributed by atoms with van der Waals surface area (Å²) >= 11 is 0. The average Bonchev–Trinajstić information content (AvgIpc) is 2.79. The first-order chi connectivity index (χ1) is 10.3. The standard InChI is InChI=1S/C16H22F2N2O2/c1-10(2)22-13-6-4-12(5-7-13)11(3)20-15(21)14-8-16(17,18)9-19-14/h4-7,10-11,14,19H,8-9H2,1-3H3,(H,20,21). The molecule has 2 unspecified atom stereocenters. The summed E-state index contributed by atoms with van der Waals surface area (Å²) < 4.78 is 31.8. The van der Waals surface area contributed by atoms with Gasteiger partial charge in [0.25, 0.3) is 5.92 Å². The van der Waals surface area contributed by atoms with Gasteiger partial charge in [-0.25, -0.2) is 8.78 Å². The van der Waals surface area contributed by atoms with E-state index in [-0.39, 0.29) is 12.1 Å². The van der Waals surface area contributed by atoms with Crippen molar-refractivity contribution in [3.63, 3.8) is 0 Å². The highest BCUT2D eigenvalue weighted by Gasteiger charge is 2.42. The maximum atomic E-state index is 13.1. The Morgan fingerprint density at radius 3 is 2.45 bits per heavy atom. The highest BCUT2D eigenvalue weighted by atomic mass is 19.3. The largest absolute Gasteiger partial charge is 0.491 e. The van der Waals surface area contributed by atoms with Gasteiger partial charge >= 0.3 is 0 Å². The molecule has 122 valence electrons. The Labute approximate surface area is 129 Å². The molecule has 1 aliphatic rings. The summed E-state index contributed by atoms with van der Waals surface area (Å²) in [7, 11) is 0. The third kappa shape index (κ3) is 4.40. The van der Waals surface area contributed by atoms with Gasteiger partial charge < -0.3 is 10.1 Å². The van der Waals surface area contributed by atoms with Gasteiger partial charge in [0.2, 0.25) is 5.91 Å². The Morgan fingerprint density at radius 2 is 1.95 bits per heavy atom. The second-order valence-corrected chi connectivity index (χ2v) is 5.96. The molecule has 1 aromatic carbocycles. The summed E-state index contributed by atoms with van der Waals surface area (Å²) in [4.78, 5) is 12.0. The summed E-state index contributed by atoms with van der Waals surface area (Å²) in [5, 5.41) is 5.31. The molecule has 0 spiro atoms. The van der Waals surface area contributed by atoms with E-state index in [0.29, 0.717) is 0 Å². The van der Waals surface area contributed by atoms with E-state index in [1.807, 2.05) is 45.0 Å². The summed E-state index contributed by atoms with van der Waals surface area (Å²) in [5.74, 6) is -2.44. The third-order valence-corrected chi connectivity index (χ3v) is 3.54. The van der Waals surface area contributed by atoms with Crippen LogP contribution in [0.2, 0.25) is 0 Å². The van der Waals surface area contributed by atoms with Crippen LogP contribution in [-0.2, 0) is 4.79 Å². The number of ether oxygens (including phenoxy) is 1. The first-order valence-corrected chi connectivity index (χ1v) is 7.45. The second-order valence-electron chi connectivity index (χ2n) is 5.96. The predicted octanol–water partition coefficient (Wildman–Crippen LogP) is 2.65. The third-order valence-electron chi connectivity index (χ3n) is 3.54. The van der Waals surface area contributed by atoms with Crippen LogP contribution in [0.25, 0.3) is 0 Å². The molecular formula is C16H22F2N2O2. The zero-order valence-electron chi connectivity index (χ0n) is 13.0. The van der Waals surface area contributed by atoms with Crippen LogP contribution in [0.3, 0.4) is 0 Å². The molecule has 6 heteroatoms. The molecule has 2 rings (SSSR count). The van der Waals surface area contributed by atoms with Crippen LogP contribution in [0.1, 0.15) is 38.8 Å². The second kappa shape index (κ2) is 6.60. The zero-order chi connectivity index (χ0) is 16.3. The van der Waals surface area contributed by atoms with Crippen LogP contribution >= 0.6 is 0 Å². The smallest absolute Gasteiger partial charge is 0.262 e. The zero-order valence-corrected chi connectivity index (χ0v) is 13.0. The number of nitrogens with one attached hydrogen (secondary N) is 2. The van der Waals surface area contributed by atoms with Crippen LogP contribution in [0, 0.1) is 0 Å². The number of carbonyl (C=O) groups is 1. The van der Waals surface area contributed by atoms with E-state index in [1.54, 1.807) is 0 Å². The van der Waals surface area contributed by atoms with Crippen molar-refractivity contribution in [2.24, 2.45) is 0 Å². The molecule has 1 aromatic rings. The maximum absolute atomic E-state index is 13.1. The number of amides is 1. The van der Waals surface area contributed by atoms with Crippen LogP contribution in [-0.4, -0.2) is 30.5 Å². The fourth-order valence-corrected chi connectivity index (χ4v) is 2.41. The van der Waals surface area contributed by atoms with Crippen molar-refractivity contribution in [3.05, 3.63) is 29.8 Å². The topological polar surface area (TPSA) is 50.4 Å². The monoisotopic (exact) mass is 312 g/mol. The molecule has 22 heavy (non-hydrogen) atoms. The van der Waals surface area contributed by atoms with Crippen molar-refractivity contribution in [1.82, 2.24) is 10.6 Å². The number of benzene rings is 1. The fraction of sp³-hybridized carbons (Fsp3) is 0.562. The number of hydrogen-bond acceptors (Lipinski definition) is 3. The van der Waals surface area contributed by atoms with E-state index >= 15 is 0 Å². The van der Waals surface area contributed by atoms with Gasteiger partial charge in [-0.1, -0.05) is 12.1 Å². The molecule has 1 saturated heterocycles. The Kier molecular flexibility index (Phi) is 5.01. The normalized spacial score (nSPS) is 21.6. The van der Waals surface area contributed by atoms with E-state index < -0.39 is 30.8 Å². The van der Waals surface area contributed by atoms with Crippen molar-refractivity contribution in [3.8, 4) is 5.75 Å². The van der Waals surface area contributed by atoms with Crippen LogP contribution in [0.5, 0.6) is 5.75 Å². The number of hydrogen-bond donors (Lipinski definition) is 2. The first kappa shape index (κ1) is 16.7. The van der Waals surface area contributed by atoms with Gasteiger partial charge in [0, 0.05) is 6.42 Å². The fourth-order valence-electron chi connectivity index (χ4n) is 2.41. The molecule has 1 aliphatic heterocycles. The van der Waals surface area contributed by atoms with Crippen molar-refractivity contribution < 1.29 is 18.3 Å². The molecule has 1 fully saturated rings. The van der Waals surface area contributed by atoms with E-state index in [2.05, 4.69) is 10.6 Å². The van der Waals surface area contributed by atoms with E-state index in [0.717, 1.165) is 11.3 Å². The predicted molar refractivity (Wildman–Crippen MR) is 80.1 cm³/mol. The molecule has 0 aromatic heterocycles. The van der Waals surface area contributed by atoms with Crippen LogP contribution in [0.4, 0.5) is 8.78 Å². The number of carbonyl (C=O) groups excluding carboxylic acids is 1. The van der Waals surface area contributed by atoms with Crippen molar-refractivity contribution in [1.29, 1.82) is 0 Å². The van der Waals surface area contributed by atoms with Gasteiger partial charge in [0.1, 0.15) is 5.75 Å². The molecule has 1 heterocycles. The minimum atomic E-state index is -2.80. The van der Waals surface area contributed by atoms with Crippen LogP contribution in [0.15, 0.2) is 24.3 Å². The molecule has 0 saturated carbocycles. The number of alkyl halides is 2. The molecule has 0 bridgehead atoms. The Balaban J connectivity index is 1.91. The molecule has 1 amide bonds. The SMILES string of the molecule is CC(C)Oc1ccc(C(C)NC(=O)C2CC(F)(F)CN2)cc1. The highest BCUT2D eigenvalue weighted by Crippen LogP contribution is 2.26. The van der Waals surface area contributed by atoms with E-state index in [4.69, 9.17) is 4.74 Å². The molecule has 0 radical (unpaired) electrons. The van der Waals surface area contributed by atoms with Crippen molar-refractivity contribution in [2.45, 2.75) is 51.3 Å². The van der Waals surface area contributed by atoms with E-state index in [9.17, 15) is 13.6 Å². The van der Waals surface area contributed by atoms with Crippen molar-refractivity contribution in [2.75, 3.05) is 6.54 Å². The molecular weight excluding hydrogens is 290 g/mol. The molecule has 4 nitrogen and oxygen atoms in total. The summed E-state index contributed by atoms with van der Waals surface area (Å²) in [6, 6.07) is 6.30. The average molecular weight is 312 g/mol. The first-order valence-electron chi connectivity index (χ1n) is 7.45. The summed E-state index contributed by atoms with van der Waals surface area (Å²) in [5.41, 5.74) is 0.897. The summed E-state index contributed by atoms with van der Waals surface area (Å²) in [6.45, 7) is 5.27. The Morgan fingerprint density at radius 1 is 1.32 bits per heavy atom. The molecule has 2 N–H and O–H groups in total. The number of halogens is 2. The van der Waals surface area contributed by atoms with Crippen LogP contribution < -0.4 is 15.4 Å². The number of rotatable bonds is 5.